The topological polar surface area (TPSA) is 67.6 Å². The molecule has 1 saturated heterocycles. The Balaban J connectivity index is 2.21. The Labute approximate surface area is 71.8 Å². The Morgan fingerprint density at radius 2 is 2.17 bits per heavy atom. The van der Waals surface area contributed by atoms with E-state index in [9.17, 15) is 4.79 Å². The van der Waals surface area contributed by atoms with Crippen LogP contribution in [0.15, 0.2) is 0 Å². The van der Waals surface area contributed by atoms with Gasteiger partial charge >= 0.3 is 6.09 Å². The SMILES string of the molecule is CC1CCN(OC(=O)NN)CC1. The van der Waals surface area contributed by atoms with E-state index in [2.05, 4.69) is 6.92 Å². The van der Waals surface area contributed by atoms with E-state index in [-0.39, 0.29) is 0 Å². The van der Waals surface area contributed by atoms with E-state index < -0.39 is 6.09 Å². The maximum atomic E-state index is 10.7. The second-order valence-electron chi connectivity index (χ2n) is 3.13. The molecule has 0 spiro atoms. The van der Waals surface area contributed by atoms with Gasteiger partial charge in [0.05, 0.1) is 0 Å². The maximum Gasteiger partial charge on any atom is 0.440 e. The zero-order valence-electron chi connectivity index (χ0n) is 7.25. The third kappa shape index (κ3) is 2.67. The predicted molar refractivity (Wildman–Crippen MR) is 43.8 cm³/mol. The first-order chi connectivity index (χ1) is 5.72. The molecule has 1 amide bonds. The summed E-state index contributed by atoms with van der Waals surface area (Å²) in [5, 5.41) is 1.64. The quantitative estimate of drug-likeness (QED) is 0.338. The summed E-state index contributed by atoms with van der Waals surface area (Å²) in [7, 11) is 0. The van der Waals surface area contributed by atoms with Crippen molar-refractivity contribution >= 4 is 6.09 Å². The zero-order valence-corrected chi connectivity index (χ0v) is 7.25. The van der Waals surface area contributed by atoms with Crippen LogP contribution in [0.25, 0.3) is 0 Å². The fraction of sp³-hybridized carbons (Fsp3) is 0.857. The molecule has 0 aromatic rings. The lowest BCUT2D eigenvalue weighted by atomic mass is 10.0. The molecule has 1 aliphatic rings. The number of hydrogen-bond acceptors (Lipinski definition) is 4. The number of nitrogens with one attached hydrogen (secondary N) is 1. The van der Waals surface area contributed by atoms with Crippen molar-refractivity contribution < 1.29 is 9.63 Å². The lowest BCUT2D eigenvalue weighted by Crippen LogP contribution is -2.40. The van der Waals surface area contributed by atoms with Gasteiger partial charge in [0, 0.05) is 13.1 Å². The Morgan fingerprint density at radius 3 is 2.67 bits per heavy atom. The van der Waals surface area contributed by atoms with Crippen molar-refractivity contribution in [2.75, 3.05) is 13.1 Å². The van der Waals surface area contributed by atoms with Crippen molar-refractivity contribution in [1.82, 2.24) is 10.5 Å². The average molecular weight is 173 g/mol. The second-order valence-corrected chi connectivity index (χ2v) is 3.13. The number of hydrogen-bond donors (Lipinski definition) is 2. The molecule has 1 heterocycles. The number of carbonyl (C=O) groups excluding carboxylic acids is 1. The average Bonchev–Trinajstić information content (AvgIpc) is 2.09. The van der Waals surface area contributed by atoms with Crippen LogP contribution in [0, 0.1) is 5.92 Å². The van der Waals surface area contributed by atoms with Crippen LogP contribution in [-0.4, -0.2) is 24.2 Å². The number of rotatable bonds is 1. The van der Waals surface area contributed by atoms with Crippen LogP contribution in [0.5, 0.6) is 0 Å². The largest absolute Gasteiger partial charge is 0.440 e. The van der Waals surface area contributed by atoms with Crippen molar-refractivity contribution in [3.8, 4) is 0 Å². The Morgan fingerprint density at radius 1 is 1.58 bits per heavy atom. The molecule has 1 rings (SSSR count). The number of carbonyl (C=O) groups is 1. The first-order valence-electron chi connectivity index (χ1n) is 4.16. The van der Waals surface area contributed by atoms with Gasteiger partial charge in [-0.15, -0.1) is 5.06 Å². The fourth-order valence-corrected chi connectivity index (χ4v) is 1.22. The first-order valence-corrected chi connectivity index (χ1v) is 4.16. The van der Waals surface area contributed by atoms with E-state index in [0.29, 0.717) is 0 Å². The van der Waals surface area contributed by atoms with Gasteiger partial charge in [-0.05, 0) is 18.8 Å². The van der Waals surface area contributed by atoms with Crippen LogP contribution in [0.2, 0.25) is 0 Å². The zero-order chi connectivity index (χ0) is 8.97. The van der Waals surface area contributed by atoms with Gasteiger partial charge in [-0.25, -0.2) is 10.6 Å². The van der Waals surface area contributed by atoms with Gasteiger partial charge in [0.25, 0.3) is 0 Å². The molecule has 5 nitrogen and oxygen atoms in total. The molecule has 0 aromatic carbocycles. The van der Waals surface area contributed by atoms with Crippen LogP contribution < -0.4 is 11.3 Å². The molecule has 1 aliphatic heterocycles. The molecule has 0 unspecified atom stereocenters. The van der Waals surface area contributed by atoms with Crippen molar-refractivity contribution in [2.45, 2.75) is 19.8 Å². The minimum absolute atomic E-state index is 0.593. The summed E-state index contributed by atoms with van der Waals surface area (Å²) in [4.78, 5) is 15.5. The van der Waals surface area contributed by atoms with E-state index in [4.69, 9.17) is 10.7 Å². The minimum atomic E-state index is -0.593. The number of nitrogens with two attached hydrogens (primary N) is 1. The van der Waals surface area contributed by atoms with Crippen LogP contribution >= 0.6 is 0 Å². The molecule has 5 heteroatoms. The van der Waals surface area contributed by atoms with Crippen LogP contribution in [-0.2, 0) is 4.84 Å². The van der Waals surface area contributed by atoms with E-state index in [1.807, 2.05) is 5.43 Å². The summed E-state index contributed by atoms with van der Waals surface area (Å²) in [6.45, 7) is 3.80. The molecule has 12 heavy (non-hydrogen) atoms. The molecule has 0 radical (unpaired) electrons. The standard InChI is InChI=1S/C7H15N3O2/c1-6-2-4-10(5-3-6)12-7(11)9-8/h6H,2-5,8H2,1H3,(H,9,11). The molecule has 3 N–H and O–H groups in total. The summed E-state index contributed by atoms with van der Waals surface area (Å²) >= 11 is 0. The van der Waals surface area contributed by atoms with Gasteiger partial charge in [-0.3, -0.25) is 5.43 Å². The minimum Gasteiger partial charge on any atom is -0.350 e. The highest BCUT2D eigenvalue weighted by molar-refractivity contribution is 5.65. The smallest absolute Gasteiger partial charge is 0.350 e. The molecule has 70 valence electrons. The number of hydrazine groups is 1. The lowest BCUT2D eigenvalue weighted by molar-refractivity contribution is -0.117. The van der Waals surface area contributed by atoms with Crippen molar-refractivity contribution in [1.29, 1.82) is 0 Å². The first kappa shape index (κ1) is 9.28. The van der Waals surface area contributed by atoms with Crippen LogP contribution in [0.4, 0.5) is 4.79 Å². The molecule has 0 saturated carbocycles. The molecular weight excluding hydrogens is 158 g/mol. The van der Waals surface area contributed by atoms with Crippen LogP contribution in [0.3, 0.4) is 0 Å². The van der Waals surface area contributed by atoms with E-state index in [0.717, 1.165) is 31.8 Å². The van der Waals surface area contributed by atoms with E-state index >= 15 is 0 Å². The highest BCUT2D eigenvalue weighted by Crippen LogP contribution is 2.15. The monoisotopic (exact) mass is 173 g/mol. The number of hydroxylamine groups is 2. The lowest BCUT2D eigenvalue weighted by Gasteiger charge is -2.27. The molecular formula is C7H15N3O2. The molecule has 0 aromatic heterocycles. The van der Waals surface area contributed by atoms with Gasteiger partial charge in [0.2, 0.25) is 0 Å². The van der Waals surface area contributed by atoms with E-state index in [1.165, 1.54) is 0 Å². The highest BCUT2D eigenvalue weighted by atomic mass is 16.7. The Kier molecular flexibility index (Phi) is 3.31. The second kappa shape index (κ2) is 4.27. The molecule has 0 atom stereocenters. The summed E-state index contributed by atoms with van der Waals surface area (Å²) in [6.07, 6.45) is 1.54. The molecule has 0 bridgehead atoms. The number of piperidine rings is 1. The van der Waals surface area contributed by atoms with Crippen LogP contribution in [0.1, 0.15) is 19.8 Å². The molecule has 0 aliphatic carbocycles. The van der Waals surface area contributed by atoms with Gasteiger partial charge in [0.1, 0.15) is 0 Å². The number of amides is 1. The van der Waals surface area contributed by atoms with Crippen molar-refractivity contribution in [3.63, 3.8) is 0 Å². The number of nitrogens with zero attached hydrogens (tertiary/aromatic N) is 1. The van der Waals surface area contributed by atoms with Crippen molar-refractivity contribution in [2.24, 2.45) is 11.8 Å². The van der Waals surface area contributed by atoms with Gasteiger partial charge in [-0.1, -0.05) is 6.92 Å². The highest BCUT2D eigenvalue weighted by Gasteiger charge is 2.18. The van der Waals surface area contributed by atoms with E-state index in [1.54, 1.807) is 5.06 Å². The Bertz CT molecular complexity index is 155. The Hall–Kier alpha value is -0.810. The van der Waals surface area contributed by atoms with Gasteiger partial charge in [-0.2, -0.15) is 0 Å². The normalized spacial score (nSPS) is 20.5. The fourth-order valence-electron chi connectivity index (χ4n) is 1.22. The van der Waals surface area contributed by atoms with Gasteiger partial charge < -0.3 is 4.84 Å². The summed E-state index contributed by atoms with van der Waals surface area (Å²) in [5.41, 5.74) is 1.92. The summed E-state index contributed by atoms with van der Waals surface area (Å²) in [6, 6.07) is 0. The predicted octanol–water partition coefficient (Wildman–Crippen LogP) is 0.233. The molecule has 1 fully saturated rings. The van der Waals surface area contributed by atoms with Crippen molar-refractivity contribution in [3.05, 3.63) is 0 Å². The maximum absolute atomic E-state index is 10.7. The van der Waals surface area contributed by atoms with Gasteiger partial charge in [0.15, 0.2) is 0 Å². The third-order valence-corrected chi connectivity index (χ3v) is 2.07. The third-order valence-electron chi connectivity index (χ3n) is 2.07. The summed E-state index contributed by atoms with van der Waals surface area (Å²) in [5.74, 6) is 5.59. The summed E-state index contributed by atoms with van der Waals surface area (Å²) < 4.78 is 0.